The van der Waals surface area contributed by atoms with Crippen molar-refractivity contribution >= 4 is 11.8 Å². The minimum Gasteiger partial charge on any atom is -0.491 e. The lowest BCUT2D eigenvalue weighted by atomic mass is 10.1. The van der Waals surface area contributed by atoms with Gasteiger partial charge >= 0.3 is 0 Å². The van der Waals surface area contributed by atoms with E-state index in [0.29, 0.717) is 42.1 Å². The van der Waals surface area contributed by atoms with Crippen LogP contribution in [0.1, 0.15) is 59.0 Å². The molecule has 8 nitrogen and oxygen atoms in total. The van der Waals surface area contributed by atoms with Crippen molar-refractivity contribution in [2.75, 3.05) is 19.8 Å². The van der Waals surface area contributed by atoms with E-state index < -0.39 is 5.91 Å². The summed E-state index contributed by atoms with van der Waals surface area (Å²) in [6, 6.07) is 10.9. The van der Waals surface area contributed by atoms with Crippen molar-refractivity contribution < 1.29 is 23.1 Å². The van der Waals surface area contributed by atoms with Gasteiger partial charge < -0.3 is 15.4 Å². The molecule has 0 saturated carbocycles. The predicted molar refractivity (Wildman–Crippen MR) is 127 cm³/mol. The second-order valence-electron chi connectivity index (χ2n) is 7.85. The van der Waals surface area contributed by atoms with Crippen LogP contribution in [0.2, 0.25) is 0 Å². The standard InChI is InChI=1S/C25H29F2N5O3/c1-2-28-24(33)19-10-11-22(23(15-19)35-13-6-4-3-5-12-26)32-17-21(30-31-32)25(34)29-16-18-8-7-9-20(27)14-18/h7-11,14-15,17H,2-6,12-13,16H2,1H3,(H,28,33)(H,29,34). The molecule has 186 valence electrons. The number of amides is 2. The van der Waals surface area contributed by atoms with Gasteiger partial charge in [0.15, 0.2) is 5.69 Å². The number of aromatic nitrogens is 3. The molecule has 35 heavy (non-hydrogen) atoms. The van der Waals surface area contributed by atoms with Gasteiger partial charge in [-0.05, 0) is 62.1 Å². The Labute approximate surface area is 202 Å². The number of nitrogens with one attached hydrogen (secondary N) is 2. The zero-order valence-corrected chi connectivity index (χ0v) is 19.6. The summed E-state index contributed by atoms with van der Waals surface area (Å²) in [6.45, 7) is 2.51. The summed E-state index contributed by atoms with van der Waals surface area (Å²) in [5.74, 6) is -0.665. The Balaban J connectivity index is 1.72. The van der Waals surface area contributed by atoms with Crippen LogP contribution in [0, 0.1) is 5.82 Å². The molecule has 0 aliphatic carbocycles. The molecule has 3 aromatic rings. The third-order valence-electron chi connectivity index (χ3n) is 5.16. The number of benzene rings is 2. The van der Waals surface area contributed by atoms with Crippen molar-refractivity contribution in [1.82, 2.24) is 25.6 Å². The van der Waals surface area contributed by atoms with Gasteiger partial charge in [0, 0.05) is 18.7 Å². The van der Waals surface area contributed by atoms with Gasteiger partial charge in [0.1, 0.15) is 17.3 Å². The van der Waals surface area contributed by atoms with Crippen LogP contribution in [0.3, 0.4) is 0 Å². The highest BCUT2D eigenvalue weighted by Crippen LogP contribution is 2.25. The highest BCUT2D eigenvalue weighted by Gasteiger charge is 2.16. The fraction of sp³-hybridized carbons (Fsp3) is 0.360. The average Bonchev–Trinajstić information content (AvgIpc) is 3.35. The Bertz CT molecular complexity index is 1140. The molecule has 0 bridgehead atoms. The van der Waals surface area contributed by atoms with Gasteiger partial charge in [0.2, 0.25) is 0 Å². The number of ether oxygens (including phenoxy) is 1. The summed E-state index contributed by atoms with van der Waals surface area (Å²) in [5, 5.41) is 13.4. The number of rotatable bonds is 13. The number of halogens is 2. The van der Waals surface area contributed by atoms with E-state index in [2.05, 4.69) is 20.9 Å². The lowest BCUT2D eigenvalue weighted by molar-refractivity contribution is 0.0941. The molecule has 0 saturated heterocycles. The molecule has 2 N–H and O–H groups in total. The first-order valence-corrected chi connectivity index (χ1v) is 11.6. The normalized spacial score (nSPS) is 10.7. The summed E-state index contributed by atoms with van der Waals surface area (Å²) in [7, 11) is 0. The fourth-order valence-corrected chi connectivity index (χ4v) is 3.36. The lowest BCUT2D eigenvalue weighted by Gasteiger charge is -2.13. The fourth-order valence-electron chi connectivity index (χ4n) is 3.36. The smallest absolute Gasteiger partial charge is 0.273 e. The molecule has 1 heterocycles. The number of alkyl halides is 1. The largest absolute Gasteiger partial charge is 0.491 e. The second kappa shape index (κ2) is 13.2. The predicted octanol–water partition coefficient (Wildman–Crippen LogP) is 3.99. The van der Waals surface area contributed by atoms with E-state index in [1.54, 1.807) is 30.3 Å². The minimum atomic E-state index is -0.463. The Morgan fingerprint density at radius 1 is 1.03 bits per heavy atom. The van der Waals surface area contributed by atoms with Crippen LogP contribution in [0.5, 0.6) is 5.75 Å². The van der Waals surface area contributed by atoms with Crippen LogP contribution >= 0.6 is 0 Å². The third kappa shape index (κ3) is 7.59. The molecule has 0 fully saturated rings. The van der Waals surface area contributed by atoms with Gasteiger partial charge in [-0.15, -0.1) is 5.10 Å². The second-order valence-corrected chi connectivity index (χ2v) is 7.85. The van der Waals surface area contributed by atoms with Crippen LogP contribution in [-0.4, -0.2) is 46.6 Å². The summed E-state index contributed by atoms with van der Waals surface area (Å²) in [5.41, 5.74) is 1.63. The zero-order valence-electron chi connectivity index (χ0n) is 19.6. The van der Waals surface area contributed by atoms with Crippen LogP contribution in [0.4, 0.5) is 8.78 Å². The molecular formula is C25H29F2N5O3. The highest BCUT2D eigenvalue weighted by atomic mass is 19.1. The van der Waals surface area contributed by atoms with Crippen LogP contribution in [-0.2, 0) is 6.54 Å². The summed E-state index contributed by atoms with van der Waals surface area (Å²) >= 11 is 0. The molecule has 0 atom stereocenters. The first-order chi connectivity index (χ1) is 17.0. The molecule has 2 amide bonds. The van der Waals surface area contributed by atoms with Crippen molar-refractivity contribution in [1.29, 1.82) is 0 Å². The molecule has 10 heteroatoms. The van der Waals surface area contributed by atoms with Gasteiger partial charge in [-0.3, -0.25) is 14.0 Å². The van der Waals surface area contributed by atoms with E-state index in [0.717, 1.165) is 19.3 Å². The monoisotopic (exact) mass is 485 g/mol. The average molecular weight is 486 g/mol. The quantitative estimate of drug-likeness (QED) is 0.357. The van der Waals surface area contributed by atoms with E-state index in [1.807, 2.05) is 6.92 Å². The topological polar surface area (TPSA) is 98.1 Å². The molecule has 0 aliphatic rings. The van der Waals surface area contributed by atoms with Crippen molar-refractivity contribution in [3.63, 3.8) is 0 Å². The van der Waals surface area contributed by atoms with Gasteiger partial charge in [0.05, 0.1) is 19.5 Å². The number of nitrogens with zero attached hydrogens (tertiary/aromatic N) is 3. The Morgan fingerprint density at radius 3 is 2.63 bits per heavy atom. The van der Waals surface area contributed by atoms with Crippen molar-refractivity contribution in [2.45, 2.75) is 39.2 Å². The zero-order chi connectivity index (χ0) is 25.0. The first kappa shape index (κ1) is 25.8. The van der Waals surface area contributed by atoms with Gasteiger partial charge in [-0.25, -0.2) is 9.07 Å². The molecule has 2 aromatic carbocycles. The Morgan fingerprint density at radius 2 is 1.86 bits per heavy atom. The number of hydrogen-bond acceptors (Lipinski definition) is 5. The molecule has 1 aromatic heterocycles. The summed E-state index contributed by atoms with van der Waals surface area (Å²) < 4.78 is 32.9. The van der Waals surface area contributed by atoms with Crippen molar-refractivity contribution in [2.24, 2.45) is 0 Å². The SMILES string of the molecule is CCNC(=O)c1ccc(-n2cc(C(=O)NCc3cccc(F)c3)nn2)c(OCCCCCCF)c1. The van der Waals surface area contributed by atoms with E-state index in [9.17, 15) is 18.4 Å². The molecule has 0 unspecified atom stereocenters. The molecular weight excluding hydrogens is 456 g/mol. The van der Waals surface area contributed by atoms with E-state index >= 15 is 0 Å². The highest BCUT2D eigenvalue weighted by molar-refractivity contribution is 5.95. The minimum absolute atomic E-state index is 0.0754. The number of hydrogen-bond donors (Lipinski definition) is 2. The van der Waals surface area contributed by atoms with E-state index in [1.165, 1.54) is 23.0 Å². The van der Waals surface area contributed by atoms with E-state index in [4.69, 9.17) is 4.74 Å². The molecule has 0 aliphatic heterocycles. The lowest BCUT2D eigenvalue weighted by Crippen LogP contribution is -2.23. The number of carbonyl (C=O) groups is 2. The summed E-state index contributed by atoms with van der Waals surface area (Å²) in [4.78, 5) is 24.8. The Kier molecular flexibility index (Phi) is 9.70. The van der Waals surface area contributed by atoms with Crippen molar-refractivity contribution in [3.05, 3.63) is 71.3 Å². The van der Waals surface area contributed by atoms with Crippen molar-refractivity contribution in [3.8, 4) is 11.4 Å². The van der Waals surface area contributed by atoms with E-state index in [-0.39, 0.29) is 30.6 Å². The van der Waals surface area contributed by atoms with Crippen LogP contribution < -0.4 is 15.4 Å². The molecule has 3 rings (SSSR count). The first-order valence-electron chi connectivity index (χ1n) is 11.6. The maximum atomic E-state index is 13.3. The molecule has 0 spiro atoms. The maximum Gasteiger partial charge on any atom is 0.273 e. The summed E-state index contributed by atoms with van der Waals surface area (Å²) in [6.07, 6.45) is 4.32. The number of carbonyl (C=O) groups excluding carboxylic acids is 2. The van der Waals surface area contributed by atoms with Crippen LogP contribution in [0.25, 0.3) is 5.69 Å². The Hall–Kier alpha value is -3.82. The van der Waals surface area contributed by atoms with Gasteiger partial charge in [-0.2, -0.15) is 0 Å². The molecule has 0 radical (unpaired) electrons. The van der Waals surface area contributed by atoms with Gasteiger partial charge in [-0.1, -0.05) is 23.8 Å². The van der Waals surface area contributed by atoms with Gasteiger partial charge in [0.25, 0.3) is 11.8 Å². The van der Waals surface area contributed by atoms with Crippen LogP contribution in [0.15, 0.2) is 48.7 Å². The number of unbranched alkanes of at least 4 members (excludes halogenated alkanes) is 3. The third-order valence-corrected chi connectivity index (χ3v) is 5.16. The maximum absolute atomic E-state index is 13.3.